The van der Waals surface area contributed by atoms with E-state index in [1.807, 2.05) is 0 Å². The van der Waals surface area contributed by atoms with E-state index in [0.717, 1.165) is 45.2 Å². The maximum atomic E-state index is 12.1. The molecule has 140 valence electrons. The quantitative estimate of drug-likeness (QED) is 0.770. The lowest BCUT2D eigenvalue weighted by atomic mass is 10.0. The number of nitrogens with zero attached hydrogens (tertiary/aromatic N) is 4. The second-order valence-corrected chi connectivity index (χ2v) is 9.33. The van der Waals surface area contributed by atoms with Crippen LogP contribution in [0.1, 0.15) is 38.5 Å². The molecule has 0 saturated carbocycles. The van der Waals surface area contributed by atoms with Crippen molar-refractivity contribution in [2.75, 3.05) is 24.6 Å². The third-order valence-corrected chi connectivity index (χ3v) is 6.91. The molecule has 1 amide bonds. The number of carbonyl (C=O) groups is 1. The highest BCUT2D eigenvalue weighted by atomic mass is 32.2. The van der Waals surface area contributed by atoms with E-state index in [9.17, 15) is 13.2 Å². The summed E-state index contributed by atoms with van der Waals surface area (Å²) in [6.45, 7) is 2.58. The molecular weight excluding hydrogens is 342 g/mol. The molecule has 0 aliphatic carbocycles. The first-order valence-electron chi connectivity index (χ1n) is 9.08. The summed E-state index contributed by atoms with van der Waals surface area (Å²) in [7, 11) is -2.80. The van der Waals surface area contributed by atoms with Crippen LogP contribution in [-0.2, 0) is 21.2 Å². The number of nitrogens with one attached hydrogen (secondary N) is 1. The summed E-state index contributed by atoms with van der Waals surface area (Å²) in [6, 6.07) is 0.630. The largest absolute Gasteiger partial charge is 0.353 e. The molecule has 0 aromatic carbocycles. The van der Waals surface area contributed by atoms with Gasteiger partial charge >= 0.3 is 0 Å². The van der Waals surface area contributed by atoms with Crippen molar-refractivity contribution >= 4 is 15.7 Å². The minimum atomic E-state index is -2.80. The molecule has 0 atom stereocenters. The van der Waals surface area contributed by atoms with Crippen LogP contribution in [0.15, 0.2) is 12.7 Å². The Labute approximate surface area is 148 Å². The topological polar surface area (TPSA) is 97.2 Å². The van der Waals surface area contributed by atoms with Gasteiger partial charge in [0.1, 0.15) is 22.5 Å². The number of piperidine rings is 1. The fourth-order valence-corrected chi connectivity index (χ4v) is 5.17. The van der Waals surface area contributed by atoms with Gasteiger partial charge in [-0.1, -0.05) is 0 Å². The fourth-order valence-electron chi connectivity index (χ4n) is 3.70. The van der Waals surface area contributed by atoms with Gasteiger partial charge in [-0.3, -0.25) is 9.48 Å². The van der Waals surface area contributed by atoms with E-state index in [2.05, 4.69) is 20.3 Å². The van der Waals surface area contributed by atoms with Crippen molar-refractivity contribution in [3.63, 3.8) is 0 Å². The molecule has 3 rings (SSSR count). The fraction of sp³-hybridized carbons (Fsp3) is 0.812. The third kappa shape index (κ3) is 5.50. The average Bonchev–Trinajstić information content (AvgIpc) is 3.09. The lowest BCUT2D eigenvalue weighted by Crippen LogP contribution is -2.49. The molecule has 1 aromatic rings. The Hall–Kier alpha value is -1.48. The van der Waals surface area contributed by atoms with Crippen LogP contribution >= 0.6 is 0 Å². The first-order chi connectivity index (χ1) is 12.0. The normalized spacial score (nSPS) is 22.7. The maximum absolute atomic E-state index is 12.1. The molecule has 2 fully saturated rings. The first kappa shape index (κ1) is 18.3. The molecule has 1 N–H and O–H groups in total. The van der Waals surface area contributed by atoms with E-state index in [0.29, 0.717) is 30.5 Å². The summed E-state index contributed by atoms with van der Waals surface area (Å²) in [5.41, 5.74) is 0. The van der Waals surface area contributed by atoms with Gasteiger partial charge < -0.3 is 10.2 Å². The van der Waals surface area contributed by atoms with Crippen molar-refractivity contribution < 1.29 is 13.2 Å². The zero-order chi connectivity index (χ0) is 17.7. The van der Waals surface area contributed by atoms with Crippen molar-refractivity contribution in [3.05, 3.63) is 12.7 Å². The number of amides is 1. The van der Waals surface area contributed by atoms with Crippen molar-refractivity contribution in [2.24, 2.45) is 0 Å². The Kier molecular flexibility index (Phi) is 6.06. The minimum Gasteiger partial charge on any atom is -0.353 e. The SMILES string of the molecule is O=C(CCCn1cncn1)NC1CCN(C2CCS(=O)(=O)CC2)CC1. The van der Waals surface area contributed by atoms with Gasteiger partial charge in [0.25, 0.3) is 0 Å². The minimum absolute atomic E-state index is 0.0994. The summed E-state index contributed by atoms with van der Waals surface area (Å²) in [5.74, 6) is 0.738. The number of aryl methyl sites for hydroxylation is 1. The first-order valence-corrected chi connectivity index (χ1v) is 10.9. The molecule has 9 heteroatoms. The molecule has 2 saturated heterocycles. The van der Waals surface area contributed by atoms with E-state index in [1.54, 1.807) is 11.0 Å². The van der Waals surface area contributed by atoms with Crippen LogP contribution in [0.5, 0.6) is 0 Å². The van der Waals surface area contributed by atoms with Gasteiger partial charge in [0.15, 0.2) is 0 Å². The zero-order valence-corrected chi connectivity index (χ0v) is 15.3. The molecule has 3 heterocycles. The predicted molar refractivity (Wildman–Crippen MR) is 93.7 cm³/mol. The summed E-state index contributed by atoms with van der Waals surface area (Å²) in [6.07, 6.45) is 7.80. The molecule has 25 heavy (non-hydrogen) atoms. The van der Waals surface area contributed by atoms with E-state index in [-0.39, 0.29) is 11.9 Å². The summed E-state index contributed by atoms with van der Waals surface area (Å²) in [5, 5.41) is 7.15. The molecule has 1 aromatic heterocycles. The van der Waals surface area contributed by atoms with Crippen LogP contribution in [-0.4, -0.2) is 70.7 Å². The van der Waals surface area contributed by atoms with Crippen LogP contribution in [0.4, 0.5) is 0 Å². The maximum Gasteiger partial charge on any atom is 0.220 e. The van der Waals surface area contributed by atoms with E-state index in [4.69, 9.17) is 0 Å². The van der Waals surface area contributed by atoms with Crippen LogP contribution in [0.25, 0.3) is 0 Å². The Morgan fingerprint density at radius 1 is 1.16 bits per heavy atom. The monoisotopic (exact) mass is 369 g/mol. The van der Waals surface area contributed by atoms with Crippen molar-refractivity contribution in [1.29, 1.82) is 0 Å². The average molecular weight is 369 g/mol. The Balaban J connectivity index is 1.33. The van der Waals surface area contributed by atoms with Gasteiger partial charge in [0, 0.05) is 38.1 Å². The summed E-state index contributed by atoms with van der Waals surface area (Å²) < 4.78 is 24.8. The molecule has 0 bridgehead atoms. The molecular formula is C16H27N5O3S. The number of aromatic nitrogens is 3. The lowest BCUT2D eigenvalue weighted by molar-refractivity contribution is -0.122. The molecule has 0 spiro atoms. The van der Waals surface area contributed by atoms with Gasteiger partial charge in [0.05, 0.1) is 11.5 Å². The van der Waals surface area contributed by atoms with Gasteiger partial charge in [0.2, 0.25) is 5.91 Å². The lowest BCUT2D eigenvalue weighted by Gasteiger charge is -2.39. The number of likely N-dealkylation sites (tertiary alicyclic amines) is 1. The van der Waals surface area contributed by atoms with E-state index < -0.39 is 9.84 Å². The number of carbonyl (C=O) groups excluding carboxylic acids is 1. The van der Waals surface area contributed by atoms with Crippen LogP contribution in [0, 0.1) is 0 Å². The second kappa shape index (κ2) is 8.27. The molecule has 0 radical (unpaired) electrons. The van der Waals surface area contributed by atoms with Crippen LogP contribution in [0.2, 0.25) is 0 Å². The highest BCUT2D eigenvalue weighted by Crippen LogP contribution is 2.22. The Bertz CT molecular complexity index is 639. The zero-order valence-electron chi connectivity index (χ0n) is 14.5. The highest BCUT2D eigenvalue weighted by molar-refractivity contribution is 7.91. The number of hydrogen-bond donors (Lipinski definition) is 1. The van der Waals surface area contributed by atoms with Gasteiger partial charge in [-0.2, -0.15) is 5.10 Å². The molecule has 8 nitrogen and oxygen atoms in total. The molecule has 0 unspecified atom stereocenters. The second-order valence-electron chi connectivity index (χ2n) is 7.02. The number of rotatable bonds is 6. The Morgan fingerprint density at radius 3 is 2.52 bits per heavy atom. The van der Waals surface area contributed by atoms with Gasteiger partial charge in [-0.25, -0.2) is 13.4 Å². The third-order valence-electron chi connectivity index (χ3n) is 5.19. The van der Waals surface area contributed by atoms with Crippen LogP contribution < -0.4 is 5.32 Å². The Morgan fingerprint density at radius 2 is 1.88 bits per heavy atom. The van der Waals surface area contributed by atoms with Crippen molar-refractivity contribution in [1.82, 2.24) is 25.0 Å². The van der Waals surface area contributed by atoms with Gasteiger partial charge in [-0.05, 0) is 32.1 Å². The van der Waals surface area contributed by atoms with Gasteiger partial charge in [-0.15, -0.1) is 0 Å². The number of sulfone groups is 1. The number of hydrogen-bond acceptors (Lipinski definition) is 6. The van der Waals surface area contributed by atoms with Crippen LogP contribution in [0.3, 0.4) is 0 Å². The molecule has 2 aliphatic rings. The smallest absolute Gasteiger partial charge is 0.220 e. The highest BCUT2D eigenvalue weighted by Gasteiger charge is 2.30. The van der Waals surface area contributed by atoms with E-state index >= 15 is 0 Å². The summed E-state index contributed by atoms with van der Waals surface area (Å²) in [4.78, 5) is 18.3. The predicted octanol–water partition coefficient (Wildman–Crippen LogP) is 0.216. The van der Waals surface area contributed by atoms with Crippen molar-refractivity contribution in [2.45, 2.75) is 57.2 Å². The standard InChI is InChI=1S/C16H27N5O3S/c22-16(2-1-7-21-13-17-12-18-21)19-14-3-8-20(9-4-14)15-5-10-25(23,24)11-6-15/h12-15H,1-11H2,(H,19,22). The van der Waals surface area contributed by atoms with E-state index in [1.165, 1.54) is 6.33 Å². The van der Waals surface area contributed by atoms with Crippen molar-refractivity contribution in [3.8, 4) is 0 Å². The summed E-state index contributed by atoms with van der Waals surface area (Å²) >= 11 is 0. The molecule has 2 aliphatic heterocycles.